The molecule has 0 aromatic carbocycles. The van der Waals surface area contributed by atoms with E-state index in [4.69, 9.17) is 0 Å². The molecule has 0 saturated heterocycles. The van der Waals surface area contributed by atoms with E-state index in [0.29, 0.717) is 12.8 Å². The number of nitrogens with one attached hydrogen (secondary N) is 3. The molecule has 29 heavy (non-hydrogen) atoms. The third-order valence-electron chi connectivity index (χ3n) is 3.12. The molecule has 0 aromatic rings. The second-order valence-electron chi connectivity index (χ2n) is 5.52. The standard InChI is InChI=1S/C10H21F4N3O8S4/c1-3-5-7-15-26(18,19)9(11,12)28(22,23)17-29(24,25)10(13,14)27(20,21)16-8-6-4-2/h15-17H,3-8H2,1-2H3. The first kappa shape index (κ1) is 28.4. The Labute approximate surface area is 166 Å². The third kappa shape index (κ3) is 6.20. The summed E-state index contributed by atoms with van der Waals surface area (Å²) in [7, 11) is -25.9. The van der Waals surface area contributed by atoms with Gasteiger partial charge in [-0.3, -0.25) is 0 Å². The lowest BCUT2D eigenvalue weighted by Gasteiger charge is -2.21. The second-order valence-corrected chi connectivity index (χ2v) is 13.4. The summed E-state index contributed by atoms with van der Waals surface area (Å²) in [5.41, 5.74) is 0. The van der Waals surface area contributed by atoms with E-state index < -0.39 is 62.4 Å². The highest BCUT2D eigenvalue weighted by Gasteiger charge is 2.65. The lowest BCUT2D eigenvalue weighted by Crippen LogP contribution is -2.57. The summed E-state index contributed by atoms with van der Waals surface area (Å²) >= 11 is 0. The lowest BCUT2D eigenvalue weighted by molar-refractivity contribution is 0.172. The van der Waals surface area contributed by atoms with Gasteiger partial charge in [0.1, 0.15) is 0 Å². The first-order valence-corrected chi connectivity index (χ1v) is 13.8. The van der Waals surface area contributed by atoms with Crippen LogP contribution in [-0.4, -0.2) is 55.9 Å². The van der Waals surface area contributed by atoms with Crippen LogP contribution in [0.2, 0.25) is 0 Å². The molecule has 0 radical (unpaired) electrons. The molecule has 0 unspecified atom stereocenters. The van der Waals surface area contributed by atoms with Crippen molar-refractivity contribution in [2.45, 2.75) is 48.7 Å². The minimum Gasteiger partial charge on any atom is -0.209 e. The van der Waals surface area contributed by atoms with Crippen molar-refractivity contribution in [1.29, 1.82) is 0 Å². The van der Waals surface area contributed by atoms with Crippen LogP contribution in [0.1, 0.15) is 39.5 Å². The van der Waals surface area contributed by atoms with Gasteiger partial charge in [0.2, 0.25) is 0 Å². The van der Waals surface area contributed by atoms with Crippen LogP contribution in [0.3, 0.4) is 0 Å². The molecule has 0 amide bonds. The molecule has 3 N–H and O–H groups in total. The zero-order valence-corrected chi connectivity index (χ0v) is 18.4. The first-order valence-electron chi connectivity index (χ1n) is 7.84. The van der Waals surface area contributed by atoms with Gasteiger partial charge in [-0.1, -0.05) is 30.8 Å². The molecule has 0 fully saturated rings. The zero-order valence-electron chi connectivity index (χ0n) is 15.2. The fourth-order valence-electron chi connectivity index (χ4n) is 1.46. The van der Waals surface area contributed by atoms with Gasteiger partial charge >= 0.3 is 29.2 Å². The van der Waals surface area contributed by atoms with Gasteiger partial charge in [-0.15, -0.1) is 0 Å². The number of rotatable bonds is 14. The zero-order chi connectivity index (χ0) is 23.4. The summed E-state index contributed by atoms with van der Waals surface area (Å²) in [6, 6.07) is 0. The number of alkyl halides is 4. The Bertz CT molecular complexity index is 898. The summed E-state index contributed by atoms with van der Waals surface area (Å²) in [4.78, 5) is 0. The normalized spacial score (nSPS) is 14.8. The second kappa shape index (κ2) is 9.69. The Hall–Kier alpha value is -0.600. The fraction of sp³-hybridized carbons (Fsp3) is 1.00. The Balaban J connectivity index is 5.90. The van der Waals surface area contributed by atoms with Gasteiger partial charge < -0.3 is 0 Å². The van der Waals surface area contributed by atoms with Crippen LogP contribution in [0.4, 0.5) is 17.6 Å². The van der Waals surface area contributed by atoms with Gasteiger partial charge in [0, 0.05) is 13.1 Å². The Morgan fingerprint density at radius 3 is 1.10 bits per heavy atom. The molecule has 0 saturated carbocycles. The van der Waals surface area contributed by atoms with E-state index in [-0.39, 0.29) is 17.0 Å². The molecule has 0 aliphatic rings. The number of hydrogen-bond donors (Lipinski definition) is 3. The highest BCUT2D eigenvalue weighted by molar-refractivity contribution is 8.17. The summed E-state index contributed by atoms with van der Waals surface area (Å²) in [5, 5.41) is 0. The minimum atomic E-state index is -6.87. The summed E-state index contributed by atoms with van der Waals surface area (Å²) in [6.45, 7) is 1.77. The molecule has 176 valence electrons. The number of halogens is 4. The van der Waals surface area contributed by atoms with E-state index >= 15 is 0 Å². The molecule has 0 heterocycles. The van der Waals surface area contributed by atoms with Gasteiger partial charge in [-0.25, -0.2) is 43.1 Å². The molecule has 0 spiro atoms. The molecule has 19 heteroatoms. The Kier molecular flexibility index (Phi) is 9.49. The molecule has 11 nitrogen and oxygen atoms in total. The van der Waals surface area contributed by atoms with E-state index in [1.54, 1.807) is 0 Å². The lowest BCUT2D eigenvalue weighted by atomic mass is 10.3. The monoisotopic (exact) mass is 515 g/mol. The number of unbranched alkanes of at least 4 members (excludes halogenated alkanes) is 2. The van der Waals surface area contributed by atoms with Gasteiger partial charge in [-0.05, 0) is 12.8 Å². The van der Waals surface area contributed by atoms with E-state index in [0.717, 1.165) is 0 Å². The topological polar surface area (TPSA) is 173 Å². The maximum absolute atomic E-state index is 13.9. The van der Waals surface area contributed by atoms with Gasteiger partial charge in [0.05, 0.1) is 0 Å². The van der Waals surface area contributed by atoms with Crippen molar-refractivity contribution >= 4 is 40.1 Å². The third-order valence-corrected chi connectivity index (χ3v) is 11.2. The molecule has 0 atom stereocenters. The number of sulfonamides is 4. The van der Waals surface area contributed by atoms with Crippen molar-refractivity contribution in [2.75, 3.05) is 13.1 Å². The van der Waals surface area contributed by atoms with Crippen LogP contribution in [0.5, 0.6) is 0 Å². The smallest absolute Gasteiger partial charge is 0.209 e. The van der Waals surface area contributed by atoms with Crippen LogP contribution in [0, 0.1) is 0 Å². The van der Waals surface area contributed by atoms with Crippen molar-refractivity contribution in [3.63, 3.8) is 0 Å². The van der Waals surface area contributed by atoms with E-state index in [1.165, 1.54) is 23.3 Å². The number of hydrogen-bond acceptors (Lipinski definition) is 8. The summed E-state index contributed by atoms with van der Waals surface area (Å²) in [5.74, 6) is 0. The van der Waals surface area contributed by atoms with Crippen LogP contribution in [0.25, 0.3) is 0 Å². The molecule has 0 aliphatic heterocycles. The summed E-state index contributed by atoms with van der Waals surface area (Å²) in [6.07, 6.45) is 0.618. The molecular weight excluding hydrogens is 494 g/mol. The van der Waals surface area contributed by atoms with Gasteiger partial charge in [0.25, 0.3) is 20.0 Å². The van der Waals surface area contributed by atoms with E-state index in [2.05, 4.69) is 0 Å². The minimum absolute atomic E-state index is 0.000822. The van der Waals surface area contributed by atoms with E-state index in [9.17, 15) is 51.2 Å². The average molecular weight is 516 g/mol. The van der Waals surface area contributed by atoms with Crippen molar-refractivity contribution < 1.29 is 51.2 Å². The van der Waals surface area contributed by atoms with Crippen molar-refractivity contribution in [3.8, 4) is 0 Å². The van der Waals surface area contributed by atoms with Crippen molar-refractivity contribution in [1.82, 2.24) is 13.6 Å². The largest absolute Gasteiger partial charge is 0.473 e. The van der Waals surface area contributed by atoms with Crippen LogP contribution in [-0.2, 0) is 40.1 Å². The molecule has 0 aromatic heterocycles. The van der Waals surface area contributed by atoms with E-state index in [1.807, 2.05) is 0 Å². The van der Waals surface area contributed by atoms with Gasteiger partial charge in [0.15, 0.2) is 0 Å². The Morgan fingerprint density at radius 2 is 0.862 bits per heavy atom. The fourth-order valence-corrected chi connectivity index (χ4v) is 7.84. The highest BCUT2D eigenvalue weighted by atomic mass is 32.3. The maximum atomic E-state index is 13.9. The molecular formula is C10H21F4N3O8S4. The quantitative estimate of drug-likeness (QED) is 0.210. The van der Waals surface area contributed by atoms with Crippen LogP contribution < -0.4 is 13.6 Å². The average Bonchev–Trinajstić information content (AvgIpc) is 2.53. The van der Waals surface area contributed by atoms with Crippen molar-refractivity contribution in [2.24, 2.45) is 0 Å². The predicted molar refractivity (Wildman–Crippen MR) is 94.5 cm³/mol. The Morgan fingerprint density at radius 1 is 0.586 bits per heavy atom. The summed E-state index contributed by atoms with van der Waals surface area (Å²) < 4.78 is 138. The van der Waals surface area contributed by atoms with Gasteiger partial charge in [-0.2, -0.15) is 17.6 Å². The molecule has 0 rings (SSSR count). The first-order chi connectivity index (χ1) is 12.8. The molecule has 0 aliphatic carbocycles. The maximum Gasteiger partial charge on any atom is 0.473 e. The van der Waals surface area contributed by atoms with Crippen LogP contribution in [0.15, 0.2) is 0 Å². The highest BCUT2D eigenvalue weighted by Crippen LogP contribution is 2.32. The van der Waals surface area contributed by atoms with Crippen molar-refractivity contribution in [3.05, 3.63) is 0 Å². The predicted octanol–water partition coefficient (Wildman–Crippen LogP) is -0.225. The van der Waals surface area contributed by atoms with Crippen LogP contribution >= 0.6 is 0 Å². The molecule has 0 bridgehead atoms. The SMILES string of the molecule is CCCCNS(=O)(=O)C(F)(F)S(=O)(=O)NS(=O)(=O)C(F)(F)S(=O)(=O)NCCCC.